The minimum Gasteiger partial charge on any atom is -0.497 e. The van der Waals surface area contributed by atoms with Crippen molar-refractivity contribution in [2.75, 3.05) is 6.61 Å². The van der Waals surface area contributed by atoms with Crippen molar-refractivity contribution in [1.29, 1.82) is 0 Å². The SMILES string of the molecule is CC(C)C/C=C1/OC[C@]23CC[C@H]4[C@@H](CCC5=CC(=O)C=C[C@@]54C)[C@H]2CC[C@@H]3[C@H]1C. The fraction of sp³-hybridized carbons (Fsp3) is 0.741. The van der Waals surface area contributed by atoms with Gasteiger partial charge in [-0.2, -0.15) is 0 Å². The maximum Gasteiger partial charge on any atom is 0.178 e. The number of ketones is 1. The maximum atomic E-state index is 12.0. The molecule has 1 aliphatic heterocycles. The number of carbonyl (C=O) groups excluding carboxylic acids is 1. The van der Waals surface area contributed by atoms with Crippen LogP contribution in [-0.2, 0) is 9.53 Å². The van der Waals surface area contributed by atoms with Crippen LogP contribution < -0.4 is 0 Å². The molecule has 4 aliphatic carbocycles. The van der Waals surface area contributed by atoms with Crippen LogP contribution >= 0.6 is 0 Å². The highest BCUT2D eigenvalue weighted by molar-refractivity contribution is 6.01. The number of hydrogen-bond donors (Lipinski definition) is 0. The highest BCUT2D eigenvalue weighted by atomic mass is 16.5. The van der Waals surface area contributed by atoms with Crippen LogP contribution in [0.4, 0.5) is 0 Å². The lowest BCUT2D eigenvalue weighted by atomic mass is 9.46. The molecule has 0 radical (unpaired) electrons. The van der Waals surface area contributed by atoms with Crippen LogP contribution in [0.15, 0.2) is 35.6 Å². The Morgan fingerprint density at radius 3 is 2.76 bits per heavy atom. The largest absolute Gasteiger partial charge is 0.497 e. The van der Waals surface area contributed by atoms with Crippen molar-refractivity contribution in [2.45, 2.75) is 72.6 Å². The minimum atomic E-state index is 0.111. The Balaban J connectivity index is 1.41. The molecule has 0 amide bonds. The molecule has 3 saturated carbocycles. The average Bonchev–Trinajstić information content (AvgIpc) is 3.08. The molecule has 0 N–H and O–H groups in total. The van der Waals surface area contributed by atoms with Crippen molar-refractivity contribution in [3.63, 3.8) is 0 Å². The van der Waals surface area contributed by atoms with Gasteiger partial charge in [0.15, 0.2) is 5.78 Å². The quantitative estimate of drug-likeness (QED) is 0.535. The van der Waals surface area contributed by atoms with Crippen LogP contribution in [0, 0.1) is 46.3 Å². The number of fused-ring (bicyclic) bond motifs is 4. The highest BCUT2D eigenvalue weighted by Crippen LogP contribution is 2.68. The Hall–Kier alpha value is -1.31. The van der Waals surface area contributed by atoms with E-state index in [1.54, 1.807) is 0 Å². The van der Waals surface area contributed by atoms with E-state index < -0.39 is 0 Å². The fourth-order valence-electron chi connectivity index (χ4n) is 8.23. The zero-order valence-corrected chi connectivity index (χ0v) is 18.7. The second kappa shape index (κ2) is 6.86. The van der Waals surface area contributed by atoms with Crippen molar-refractivity contribution in [1.82, 2.24) is 0 Å². The van der Waals surface area contributed by atoms with E-state index >= 15 is 0 Å². The summed E-state index contributed by atoms with van der Waals surface area (Å²) in [5.41, 5.74) is 1.92. The van der Waals surface area contributed by atoms with Gasteiger partial charge < -0.3 is 4.74 Å². The van der Waals surface area contributed by atoms with E-state index in [1.165, 1.54) is 43.4 Å². The van der Waals surface area contributed by atoms with Crippen LogP contribution in [0.25, 0.3) is 0 Å². The standard InChI is InChI=1S/C27H38O2/c1-17(2)5-10-25-18(3)22-8-9-24-21-7-6-19-15-20(28)11-13-26(19,4)23(21)12-14-27(22,24)16-29-25/h10-11,13,15,17-18,21-24H,5-9,12,14,16H2,1-4H3/b25-10+/t18-,21-,22-,23+,24-,26+,27+/m1/s1. The topological polar surface area (TPSA) is 26.3 Å². The van der Waals surface area contributed by atoms with Gasteiger partial charge in [-0.3, -0.25) is 4.79 Å². The molecular weight excluding hydrogens is 356 g/mol. The number of ether oxygens (including phenoxy) is 1. The summed E-state index contributed by atoms with van der Waals surface area (Å²) in [6.45, 7) is 10.4. The van der Waals surface area contributed by atoms with Gasteiger partial charge in [0.1, 0.15) is 0 Å². The second-order valence-corrected chi connectivity index (χ2v) is 11.4. The smallest absolute Gasteiger partial charge is 0.178 e. The molecule has 0 unspecified atom stereocenters. The van der Waals surface area contributed by atoms with Crippen LogP contribution in [0.1, 0.15) is 72.6 Å². The number of hydrogen-bond acceptors (Lipinski definition) is 2. The molecule has 1 heterocycles. The zero-order valence-electron chi connectivity index (χ0n) is 18.7. The van der Waals surface area contributed by atoms with E-state index in [1.807, 2.05) is 12.2 Å². The van der Waals surface area contributed by atoms with E-state index in [9.17, 15) is 4.79 Å². The molecule has 0 aromatic carbocycles. The van der Waals surface area contributed by atoms with E-state index in [-0.39, 0.29) is 11.2 Å². The van der Waals surface area contributed by atoms with Crippen LogP contribution in [0.2, 0.25) is 0 Å². The number of allylic oxidation sites excluding steroid dienone is 6. The van der Waals surface area contributed by atoms with Gasteiger partial charge in [-0.25, -0.2) is 0 Å². The Morgan fingerprint density at radius 1 is 1.17 bits per heavy atom. The molecule has 5 aliphatic rings. The molecule has 158 valence electrons. The molecule has 1 saturated heterocycles. The zero-order chi connectivity index (χ0) is 20.4. The monoisotopic (exact) mass is 394 g/mol. The third kappa shape index (κ3) is 2.84. The minimum absolute atomic E-state index is 0.111. The Kier molecular flexibility index (Phi) is 4.64. The van der Waals surface area contributed by atoms with E-state index in [0.717, 1.165) is 37.2 Å². The summed E-state index contributed by atoms with van der Waals surface area (Å²) < 4.78 is 6.53. The first kappa shape index (κ1) is 19.6. The third-order valence-electron chi connectivity index (χ3n) is 9.69. The first-order valence-corrected chi connectivity index (χ1v) is 12.1. The van der Waals surface area contributed by atoms with E-state index in [0.29, 0.717) is 23.2 Å². The van der Waals surface area contributed by atoms with Gasteiger partial charge >= 0.3 is 0 Å². The molecule has 2 nitrogen and oxygen atoms in total. The van der Waals surface area contributed by atoms with Crippen molar-refractivity contribution in [3.05, 3.63) is 35.6 Å². The number of rotatable bonds is 2. The molecule has 29 heavy (non-hydrogen) atoms. The Bertz CT molecular complexity index is 786. The Morgan fingerprint density at radius 2 is 1.97 bits per heavy atom. The molecule has 5 rings (SSSR count). The lowest BCUT2D eigenvalue weighted by molar-refractivity contribution is -0.117. The third-order valence-corrected chi connectivity index (χ3v) is 9.69. The first-order chi connectivity index (χ1) is 13.8. The molecule has 0 bridgehead atoms. The van der Waals surface area contributed by atoms with Gasteiger partial charge in [-0.15, -0.1) is 0 Å². The van der Waals surface area contributed by atoms with E-state index in [2.05, 4.69) is 39.8 Å². The van der Waals surface area contributed by atoms with Crippen LogP contribution in [0.3, 0.4) is 0 Å². The second-order valence-electron chi connectivity index (χ2n) is 11.4. The predicted molar refractivity (Wildman–Crippen MR) is 117 cm³/mol. The van der Waals surface area contributed by atoms with Gasteiger partial charge in [0.05, 0.1) is 12.4 Å². The summed E-state index contributed by atoms with van der Waals surface area (Å²) in [6, 6.07) is 0. The Labute approximate surface area is 176 Å². The van der Waals surface area contributed by atoms with Crippen molar-refractivity contribution >= 4 is 5.78 Å². The summed E-state index contributed by atoms with van der Waals surface area (Å²) in [5, 5.41) is 0. The van der Waals surface area contributed by atoms with Gasteiger partial charge in [0.25, 0.3) is 0 Å². The predicted octanol–water partition coefficient (Wildman–Crippen LogP) is 6.49. The normalized spacial score (nSPS) is 47.2. The highest BCUT2D eigenvalue weighted by Gasteiger charge is 2.63. The molecule has 7 atom stereocenters. The van der Waals surface area contributed by atoms with Gasteiger partial charge in [0.2, 0.25) is 0 Å². The van der Waals surface area contributed by atoms with Gasteiger partial charge in [0, 0.05) is 16.7 Å². The summed E-state index contributed by atoms with van der Waals surface area (Å²) in [4.78, 5) is 12.0. The summed E-state index contributed by atoms with van der Waals surface area (Å²) in [6.07, 6.45) is 17.3. The molecule has 1 spiro atoms. The summed E-state index contributed by atoms with van der Waals surface area (Å²) in [7, 11) is 0. The molecule has 4 fully saturated rings. The molecule has 0 aromatic heterocycles. The molecule has 2 heteroatoms. The molecular formula is C27H38O2. The average molecular weight is 395 g/mol. The maximum absolute atomic E-state index is 12.0. The lowest BCUT2D eigenvalue weighted by Gasteiger charge is -2.59. The number of carbonyl (C=O) groups is 1. The van der Waals surface area contributed by atoms with Crippen molar-refractivity contribution in [2.24, 2.45) is 46.3 Å². The lowest BCUT2D eigenvalue weighted by Crippen LogP contribution is -2.54. The van der Waals surface area contributed by atoms with Crippen LogP contribution in [0.5, 0.6) is 0 Å². The summed E-state index contributed by atoms with van der Waals surface area (Å²) in [5.74, 6) is 5.86. The van der Waals surface area contributed by atoms with Crippen molar-refractivity contribution in [3.8, 4) is 0 Å². The summed E-state index contributed by atoms with van der Waals surface area (Å²) >= 11 is 0. The first-order valence-electron chi connectivity index (χ1n) is 12.1. The van der Waals surface area contributed by atoms with Gasteiger partial charge in [-0.1, -0.05) is 39.3 Å². The fourth-order valence-corrected chi connectivity index (χ4v) is 8.23. The van der Waals surface area contributed by atoms with E-state index in [4.69, 9.17) is 4.74 Å². The molecule has 0 aromatic rings. The van der Waals surface area contributed by atoms with Crippen LogP contribution in [-0.4, -0.2) is 12.4 Å². The van der Waals surface area contributed by atoms with Crippen molar-refractivity contribution < 1.29 is 9.53 Å². The van der Waals surface area contributed by atoms with Gasteiger partial charge in [-0.05, 0) is 92.8 Å².